The third-order valence-electron chi connectivity index (χ3n) is 2.27. The van der Waals surface area contributed by atoms with Gasteiger partial charge >= 0.3 is 0 Å². The van der Waals surface area contributed by atoms with Crippen LogP contribution in [0.5, 0.6) is 5.75 Å². The van der Waals surface area contributed by atoms with Gasteiger partial charge in [-0.05, 0) is 18.2 Å². The SMILES string of the molecule is COc1ccc(NC(=O)CSC(C)CN)cc1Cl. The van der Waals surface area contributed by atoms with Gasteiger partial charge in [0.15, 0.2) is 0 Å². The summed E-state index contributed by atoms with van der Waals surface area (Å²) in [5.41, 5.74) is 6.14. The van der Waals surface area contributed by atoms with Gasteiger partial charge in [-0.2, -0.15) is 0 Å². The second-order valence-corrected chi connectivity index (χ2v) is 5.59. The number of anilines is 1. The number of halogens is 1. The maximum atomic E-state index is 11.7. The average Bonchev–Trinajstić information content (AvgIpc) is 2.36. The van der Waals surface area contributed by atoms with Gasteiger partial charge in [0, 0.05) is 17.5 Å². The summed E-state index contributed by atoms with van der Waals surface area (Å²) >= 11 is 7.49. The number of methoxy groups -OCH3 is 1. The van der Waals surface area contributed by atoms with Crippen LogP contribution in [0.3, 0.4) is 0 Å². The molecule has 1 rings (SSSR count). The summed E-state index contributed by atoms with van der Waals surface area (Å²) < 4.78 is 5.04. The number of rotatable bonds is 6. The zero-order valence-electron chi connectivity index (χ0n) is 10.4. The van der Waals surface area contributed by atoms with E-state index in [1.165, 1.54) is 11.8 Å². The molecule has 6 heteroatoms. The van der Waals surface area contributed by atoms with E-state index in [0.29, 0.717) is 28.8 Å². The highest BCUT2D eigenvalue weighted by Gasteiger charge is 2.07. The highest BCUT2D eigenvalue weighted by Crippen LogP contribution is 2.27. The topological polar surface area (TPSA) is 64.3 Å². The van der Waals surface area contributed by atoms with Gasteiger partial charge in [0.25, 0.3) is 0 Å². The van der Waals surface area contributed by atoms with Crippen molar-refractivity contribution in [1.29, 1.82) is 0 Å². The standard InChI is InChI=1S/C12H17ClN2O2S/c1-8(6-14)18-7-12(16)15-9-3-4-11(17-2)10(13)5-9/h3-5,8H,6-7,14H2,1-2H3,(H,15,16). The molecule has 18 heavy (non-hydrogen) atoms. The Morgan fingerprint density at radius 3 is 2.89 bits per heavy atom. The quantitative estimate of drug-likeness (QED) is 0.843. The summed E-state index contributed by atoms with van der Waals surface area (Å²) in [6.45, 7) is 2.55. The summed E-state index contributed by atoms with van der Waals surface area (Å²) in [6.07, 6.45) is 0. The molecule has 3 N–H and O–H groups in total. The molecule has 1 unspecified atom stereocenters. The average molecular weight is 289 g/mol. The Bertz CT molecular complexity index is 415. The van der Waals surface area contributed by atoms with Gasteiger partial charge < -0.3 is 15.8 Å². The van der Waals surface area contributed by atoms with Crippen molar-refractivity contribution in [2.75, 3.05) is 24.7 Å². The highest BCUT2D eigenvalue weighted by molar-refractivity contribution is 8.00. The smallest absolute Gasteiger partial charge is 0.234 e. The van der Waals surface area contributed by atoms with Crippen LogP contribution in [-0.2, 0) is 4.79 Å². The van der Waals surface area contributed by atoms with Crippen molar-refractivity contribution < 1.29 is 9.53 Å². The molecule has 1 aromatic carbocycles. The van der Waals surface area contributed by atoms with Gasteiger partial charge in [0.05, 0.1) is 17.9 Å². The van der Waals surface area contributed by atoms with Crippen molar-refractivity contribution in [2.24, 2.45) is 5.73 Å². The predicted molar refractivity (Wildman–Crippen MR) is 77.6 cm³/mol. The largest absolute Gasteiger partial charge is 0.495 e. The fraction of sp³-hybridized carbons (Fsp3) is 0.417. The van der Waals surface area contributed by atoms with Crippen LogP contribution in [-0.4, -0.2) is 30.6 Å². The molecule has 100 valence electrons. The number of carbonyl (C=O) groups is 1. The fourth-order valence-electron chi connectivity index (χ4n) is 1.23. The molecule has 0 radical (unpaired) electrons. The Kier molecular flexibility index (Phi) is 6.32. The van der Waals surface area contributed by atoms with E-state index < -0.39 is 0 Å². The van der Waals surface area contributed by atoms with Gasteiger partial charge in [0.1, 0.15) is 5.75 Å². The summed E-state index contributed by atoms with van der Waals surface area (Å²) in [7, 11) is 1.55. The monoisotopic (exact) mass is 288 g/mol. The normalized spacial score (nSPS) is 12.0. The van der Waals surface area contributed by atoms with E-state index in [2.05, 4.69) is 5.32 Å². The molecule has 0 aromatic heterocycles. The molecule has 1 amide bonds. The van der Waals surface area contributed by atoms with Crippen LogP contribution in [0.15, 0.2) is 18.2 Å². The third kappa shape index (κ3) is 4.76. The Morgan fingerprint density at radius 2 is 2.33 bits per heavy atom. The first-order valence-electron chi connectivity index (χ1n) is 5.52. The molecule has 0 aliphatic heterocycles. The first kappa shape index (κ1) is 15.1. The number of nitrogens with one attached hydrogen (secondary N) is 1. The van der Waals surface area contributed by atoms with Crippen molar-refractivity contribution in [3.8, 4) is 5.75 Å². The van der Waals surface area contributed by atoms with E-state index in [9.17, 15) is 4.79 Å². The molecule has 0 aliphatic rings. The second kappa shape index (κ2) is 7.51. The van der Waals surface area contributed by atoms with Crippen molar-refractivity contribution in [1.82, 2.24) is 0 Å². The lowest BCUT2D eigenvalue weighted by molar-refractivity contribution is -0.113. The second-order valence-electron chi connectivity index (χ2n) is 3.75. The number of hydrogen-bond acceptors (Lipinski definition) is 4. The molecular formula is C12H17ClN2O2S. The van der Waals surface area contributed by atoms with E-state index in [1.807, 2.05) is 6.92 Å². The molecule has 0 spiro atoms. The van der Waals surface area contributed by atoms with E-state index in [1.54, 1.807) is 25.3 Å². The molecule has 0 aliphatic carbocycles. The minimum absolute atomic E-state index is 0.0680. The lowest BCUT2D eigenvalue weighted by Gasteiger charge is -2.10. The Morgan fingerprint density at radius 1 is 1.61 bits per heavy atom. The zero-order valence-corrected chi connectivity index (χ0v) is 12.0. The lowest BCUT2D eigenvalue weighted by Crippen LogP contribution is -2.19. The number of ether oxygens (including phenoxy) is 1. The molecule has 0 heterocycles. The number of amides is 1. The summed E-state index contributed by atoms with van der Waals surface area (Å²) in [4.78, 5) is 11.7. The molecule has 4 nitrogen and oxygen atoms in total. The molecule has 0 saturated carbocycles. The van der Waals surface area contributed by atoms with Gasteiger partial charge in [-0.15, -0.1) is 11.8 Å². The maximum absolute atomic E-state index is 11.7. The minimum atomic E-state index is -0.0680. The van der Waals surface area contributed by atoms with E-state index in [-0.39, 0.29) is 11.2 Å². The molecule has 0 bridgehead atoms. The van der Waals surface area contributed by atoms with Gasteiger partial charge in [-0.3, -0.25) is 4.79 Å². The fourth-order valence-corrected chi connectivity index (χ4v) is 2.13. The summed E-state index contributed by atoms with van der Waals surface area (Å²) in [5.74, 6) is 0.893. The highest BCUT2D eigenvalue weighted by atomic mass is 35.5. The van der Waals surface area contributed by atoms with Crippen LogP contribution in [0.4, 0.5) is 5.69 Å². The van der Waals surface area contributed by atoms with Crippen molar-refractivity contribution in [2.45, 2.75) is 12.2 Å². The maximum Gasteiger partial charge on any atom is 0.234 e. The number of thioether (sulfide) groups is 1. The Labute approximate surface area is 116 Å². The summed E-state index contributed by atoms with van der Waals surface area (Å²) in [5, 5.41) is 3.52. The zero-order chi connectivity index (χ0) is 13.5. The molecule has 1 atom stereocenters. The number of benzene rings is 1. The van der Waals surface area contributed by atoms with Gasteiger partial charge in [0.2, 0.25) is 5.91 Å². The minimum Gasteiger partial charge on any atom is -0.495 e. The summed E-state index contributed by atoms with van der Waals surface area (Å²) in [6, 6.07) is 5.13. The van der Waals surface area contributed by atoms with Crippen molar-refractivity contribution >= 4 is 35.0 Å². The van der Waals surface area contributed by atoms with Crippen LogP contribution in [0, 0.1) is 0 Å². The Hall–Kier alpha value is -0.910. The van der Waals surface area contributed by atoms with E-state index in [4.69, 9.17) is 22.1 Å². The van der Waals surface area contributed by atoms with Gasteiger partial charge in [-0.25, -0.2) is 0 Å². The van der Waals surface area contributed by atoms with Crippen molar-refractivity contribution in [3.63, 3.8) is 0 Å². The number of hydrogen-bond donors (Lipinski definition) is 2. The van der Waals surface area contributed by atoms with Crippen LogP contribution in [0.1, 0.15) is 6.92 Å². The molecule has 0 saturated heterocycles. The first-order valence-corrected chi connectivity index (χ1v) is 6.94. The third-order valence-corrected chi connectivity index (χ3v) is 3.75. The lowest BCUT2D eigenvalue weighted by atomic mass is 10.3. The molecule has 1 aromatic rings. The van der Waals surface area contributed by atoms with Crippen LogP contribution in [0.25, 0.3) is 0 Å². The van der Waals surface area contributed by atoms with Crippen LogP contribution >= 0.6 is 23.4 Å². The van der Waals surface area contributed by atoms with Crippen LogP contribution < -0.4 is 15.8 Å². The number of carbonyl (C=O) groups excluding carboxylic acids is 1. The molecular weight excluding hydrogens is 272 g/mol. The number of nitrogens with two attached hydrogens (primary N) is 1. The Balaban J connectivity index is 2.52. The van der Waals surface area contributed by atoms with E-state index >= 15 is 0 Å². The molecule has 0 fully saturated rings. The predicted octanol–water partition coefficient (Wildman–Crippen LogP) is 2.37. The van der Waals surface area contributed by atoms with E-state index in [0.717, 1.165) is 0 Å². The van der Waals surface area contributed by atoms with Crippen molar-refractivity contribution in [3.05, 3.63) is 23.2 Å². The van der Waals surface area contributed by atoms with Crippen LogP contribution in [0.2, 0.25) is 5.02 Å². The van der Waals surface area contributed by atoms with Gasteiger partial charge in [-0.1, -0.05) is 18.5 Å². The first-order chi connectivity index (χ1) is 8.56.